The van der Waals surface area contributed by atoms with Crippen LogP contribution in [0.2, 0.25) is 0 Å². The number of nitrogens with two attached hydrogens (primary N) is 1. The SMILES string of the molecule is CC(C=O)CC(C)CN. The minimum Gasteiger partial charge on any atom is -0.330 e. The second-order valence-corrected chi connectivity index (χ2v) is 2.69. The van der Waals surface area contributed by atoms with E-state index in [9.17, 15) is 4.79 Å². The minimum absolute atomic E-state index is 0.170. The normalized spacial score (nSPS) is 16.8. The van der Waals surface area contributed by atoms with Crippen molar-refractivity contribution in [1.29, 1.82) is 0 Å². The standard InChI is InChI=1S/C7H15NO/c1-6(4-8)3-7(2)5-9/h5-7H,3-4,8H2,1-2H3. The molecule has 2 N–H and O–H groups in total. The zero-order chi connectivity index (χ0) is 7.28. The average Bonchev–Trinajstić information content (AvgIpc) is 1.87. The van der Waals surface area contributed by atoms with Gasteiger partial charge in [-0.2, -0.15) is 0 Å². The van der Waals surface area contributed by atoms with Gasteiger partial charge in [-0.3, -0.25) is 0 Å². The molecule has 0 aromatic heterocycles. The first kappa shape index (κ1) is 8.63. The van der Waals surface area contributed by atoms with Crippen molar-refractivity contribution < 1.29 is 4.79 Å². The molecule has 0 saturated heterocycles. The number of carbonyl (C=O) groups is 1. The van der Waals surface area contributed by atoms with Crippen molar-refractivity contribution in [3.05, 3.63) is 0 Å². The van der Waals surface area contributed by atoms with E-state index in [4.69, 9.17) is 5.73 Å². The number of hydrogen-bond acceptors (Lipinski definition) is 2. The first-order valence-electron chi connectivity index (χ1n) is 3.36. The van der Waals surface area contributed by atoms with E-state index in [1.165, 1.54) is 0 Å². The Hall–Kier alpha value is -0.370. The number of rotatable bonds is 4. The van der Waals surface area contributed by atoms with E-state index in [2.05, 4.69) is 6.92 Å². The molecule has 9 heavy (non-hydrogen) atoms. The minimum atomic E-state index is 0.170. The molecule has 0 aromatic carbocycles. The van der Waals surface area contributed by atoms with Gasteiger partial charge in [-0.05, 0) is 18.9 Å². The van der Waals surface area contributed by atoms with Gasteiger partial charge in [0.15, 0.2) is 0 Å². The number of hydrogen-bond donors (Lipinski definition) is 1. The molecule has 0 bridgehead atoms. The van der Waals surface area contributed by atoms with Gasteiger partial charge in [0.05, 0.1) is 0 Å². The van der Waals surface area contributed by atoms with Gasteiger partial charge in [0.2, 0.25) is 0 Å². The van der Waals surface area contributed by atoms with E-state index in [-0.39, 0.29) is 5.92 Å². The summed E-state index contributed by atoms with van der Waals surface area (Å²) in [4.78, 5) is 10.1. The lowest BCUT2D eigenvalue weighted by Gasteiger charge is -2.08. The summed E-state index contributed by atoms with van der Waals surface area (Å²) in [6, 6.07) is 0. The summed E-state index contributed by atoms with van der Waals surface area (Å²) >= 11 is 0. The molecule has 2 heteroatoms. The Morgan fingerprint density at radius 3 is 2.44 bits per heavy atom. The summed E-state index contributed by atoms with van der Waals surface area (Å²) < 4.78 is 0. The Labute approximate surface area is 56.4 Å². The quantitative estimate of drug-likeness (QED) is 0.571. The van der Waals surface area contributed by atoms with Crippen LogP contribution in [0.4, 0.5) is 0 Å². The van der Waals surface area contributed by atoms with Gasteiger partial charge >= 0.3 is 0 Å². The molecule has 0 aliphatic carbocycles. The van der Waals surface area contributed by atoms with Crippen molar-refractivity contribution in [2.75, 3.05) is 6.54 Å². The highest BCUT2D eigenvalue weighted by Gasteiger charge is 2.04. The molecular weight excluding hydrogens is 114 g/mol. The van der Waals surface area contributed by atoms with Gasteiger partial charge in [0.25, 0.3) is 0 Å². The van der Waals surface area contributed by atoms with Crippen molar-refractivity contribution in [2.24, 2.45) is 17.6 Å². The molecule has 2 atom stereocenters. The van der Waals surface area contributed by atoms with Crippen LogP contribution < -0.4 is 5.73 Å². The fraction of sp³-hybridized carbons (Fsp3) is 0.857. The molecular formula is C7H15NO. The molecule has 0 radical (unpaired) electrons. The van der Waals surface area contributed by atoms with Crippen LogP contribution in [0.15, 0.2) is 0 Å². The molecule has 0 aliphatic heterocycles. The summed E-state index contributed by atoms with van der Waals surface area (Å²) in [7, 11) is 0. The van der Waals surface area contributed by atoms with Crippen LogP contribution in [0.3, 0.4) is 0 Å². The highest BCUT2D eigenvalue weighted by Crippen LogP contribution is 2.06. The Morgan fingerprint density at radius 2 is 2.11 bits per heavy atom. The maximum atomic E-state index is 10.1. The van der Waals surface area contributed by atoms with E-state index < -0.39 is 0 Å². The smallest absolute Gasteiger partial charge is 0.122 e. The average molecular weight is 129 g/mol. The highest BCUT2D eigenvalue weighted by molar-refractivity contribution is 5.52. The lowest BCUT2D eigenvalue weighted by molar-refractivity contribution is -0.111. The third-order valence-corrected chi connectivity index (χ3v) is 1.41. The number of carbonyl (C=O) groups excluding carboxylic acids is 1. The Bertz CT molecular complexity index is 83.0. The molecule has 0 rings (SSSR count). The van der Waals surface area contributed by atoms with Crippen LogP contribution in [0, 0.1) is 11.8 Å². The lowest BCUT2D eigenvalue weighted by atomic mass is 9.99. The number of aldehydes is 1. The third-order valence-electron chi connectivity index (χ3n) is 1.41. The molecule has 0 amide bonds. The summed E-state index contributed by atoms with van der Waals surface area (Å²) in [6.45, 7) is 4.65. The second-order valence-electron chi connectivity index (χ2n) is 2.69. The first-order valence-corrected chi connectivity index (χ1v) is 3.36. The monoisotopic (exact) mass is 129 g/mol. The van der Waals surface area contributed by atoms with Crippen molar-refractivity contribution in [3.63, 3.8) is 0 Å². The van der Waals surface area contributed by atoms with Crippen LogP contribution in [-0.4, -0.2) is 12.8 Å². The molecule has 2 nitrogen and oxygen atoms in total. The van der Waals surface area contributed by atoms with Crippen molar-refractivity contribution in [2.45, 2.75) is 20.3 Å². The Morgan fingerprint density at radius 1 is 1.56 bits per heavy atom. The predicted molar refractivity (Wildman–Crippen MR) is 38.1 cm³/mol. The Balaban J connectivity index is 3.33. The summed E-state index contributed by atoms with van der Waals surface area (Å²) in [5, 5.41) is 0. The summed E-state index contributed by atoms with van der Waals surface area (Å²) in [5.41, 5.74) is 5.36. The van der Waals surface area contributed by atoms with Gasteiger partial charge in [0.1, 0.15) is 6.29 Å². The maximum absolute atomic E-state index is 10.1. The lowest BCUT2D eigenvalue weighted by Crippen LogP contribution is -2.14. The van der Waals surface area contributed by atoms with Crippen molar-refractivity contribution in [3.8, 4) is 0 Å². The molecule has 0 aliphatic rings. The fourth-order valence-electron chi connectivity index (χ4n) is 0.786. The van der Waals surface area contributed by atoms with E-state index in [1.54, 1.807) is 0 Å². The molecule has 54 valence electrons. The van der Waals surface area contributed by atoms with E-state index >= 15 is 0 Å². The topological polar surface area (TPSA) is 43.1 Å². The molecule has 2 unspecified atom stereocenters. The zero-order valence-electron chi connectivity index (χ0n) is 6.13. The van der Waals surface area contributed by atoms with E-state index in [0.717, 1.165) is 12.7 Å². The molecule has 0 spiro atoms. The van der Waals surface area contributed by atoms with Gasteiger partial charge < -0.3 is 10.5 Å². The van der Waals surface area contributed by atoms with E-state index in [0.29, 0.717) is 12.5 Å². The first-order chi connectivity index (χ1) is 4.20. The fourth-order valence-corrected chi connectivity index (χ4v) is 0.786. The molecule has 0 heterocycles. The van der Waals surface area contributed by atoms with Crippen molar-refractivity contribution >= 4 is 6.29 Å². The zero-order valence-corrected chi connectivity index (χ0v) is 6.13. The second kappa shape index (κ2) is 4.50. The molecule has 0 fully saturated rings. The molecule has 0 aromatic rings. The van der Waals surface area contributed by atoms with Crippen LogP contribution in [-0.2, 0) is 4.79 Å². The van der Waals surface area contributed by atoms with Gasteiger partial charge in [-0.15, -0.1) is 0 Å². The predicted octanol–water partition coefficient (Wildman–Crippen LogP) is 0.806. The third kappa shape index (κ3) is 4.15. The largest absolute Gasteiger partial charge is 0.330 e. The highest BCUT2D eigenvalue weighted by atomic mass is 16.1. The molecule has 0 saturated carbocycles. The summed E-state index contributed by atoms with van der Waals surface area (Å²) in [6.07, 6.45) is 1.90. The Kier molecular flexibility index (Phi) is 4.32. The van der Waals surface area contributed by atoms with Gasteiger partial charge in [-0.1, -0.05) is 13.8 Å². The summed E-state index contributed by atoms with van der Waals surface area (Å²) in [5.74, 6) is 0.647. The van der Waals surface area contributed by atoms with Crippen molar-refractivity contribution in [1.82, 2.24) is 0 Å². The maximum Gasteiger partial charge on any atom is 0.122 e. The van der Waals surface area contributed by atoms with E-state index in [1.807, 2.05) is 6.92 Å². The van der Waals surface area contributed by atoms with Gasteiger partial charge in [-0.25, -0.2) is 0 Å². The van der Waals surface area contributed by atoms with Crippen LogP contribution in [0.1, 0.15) is 20.3 Å². The van der Waals surface area contributed by atoms with Crippen LogP contribution >= 0.6 is 0 Å². The van der Waals surface area contributed by atoms with Gasteiger partial charge in [0, 0.05) is 5.92 Å². The van der Waals surface area contributed by atoms with Crippen LogP contribution in [0.5, 0.6) is 0 Å². The van der Waals surface area contributed by atoms with Crippen LogP contribution in [0.25, 0.3) is 0 Å².